The summed E-state index contributed by atoms with van der Waals surface area (Å²) in [5.74, 6) is -0.814. The second-order valence-corrected chi connectivity index (χ2v) is 8.75. The average Bonchev–Trinajstić information content (AvgIpc) is 2.63. The molecule has 2 aromatic rings. The van der Waals surface area contributed by atoms with Crippen LogP contribution in [0.1, 0.15) is 13.3 Å². The molecule has 3 rings (SSSR count). The van der Waals surface area contributed by atoms with Crippen molar-refractivity contribution in [1.82, 2.24) is 0 Å². The third kappa shape index (κ3) is 3.98. The fourth-order valence-electron chi connectivity index (χ4n) is 3.27. The SMILES string of the molecule is CC[C@@H](C(=O)N1CC(=O)Nc2ccccc21)N(c1cccc(Cl)c1)S(C)(=O)=O. The van der Waals surface area contributed by atoms with E-state index in [-0.39, 0.29) is 18.9 Å². The van der Waals surface area contributed by atoms with Gasteiger partial charge in [-0.25, -0.2) is 8.42 Å². The van der Waals surface area contributed by atoms with Gasteiger partial charge < -0.3 is 5.32 Å². The zero-order valence-electron chi connectivity index (χ0n) is 15.4. The molecule has 0 aliphatic carbocycles. The predicted octanol–water partition coefficient (Wildman–Crippen LogP) is 2.87. The van der Waals surface area contributed by atoms with Crippen LogP contribution in [0.5, 0.6) is 0 Å². The molecule has 0 spiro atoms. The van der Waals surface area contributed by atoms with Crippen LogP contribution in [-0.2, 0) is 19.6 Å². The molecule has 0 radical (unpaired) electrons. The molecule has 7 nitrogen and oxygen atoms in total. The molecule has 1 heterocycles. The Balaban J connectivity index is 2.06. The summed E-state index contributed by atoms with van der Waals surface area (Å²) in [5, 5.41) is 3.08. The molecule has 1 N–H and O–H groups in total. The Morgan fingerprint density at radius 2 is 1.96 bits per heavy atom. The van der Waals surface area contributed by atoms with Crippen LogP contribution in [0.3, 0.4) is 0 Å². The summed E-state index contributed by atoms with van der Waals surface area (Å²) in [6.45, 7) is 1.54. The number of anilines is 3. The molecule has 1 aliphatic heterocycles. The summed E-state index contributed by atoms with van der Waals surface area (Å²) in [4.78, 5) is 26.8. The van der Waals surface area contributed by atoms with Gasteiger partial charge in [-0.15, -0.1) is 0 Å². The molecule has 0 saturated heterocycles. The molecule has 0 saturated carbocycles. The maximum absolute atomic E-state index is 13.4. The lowest BCUT2D eigenvalue weighted by Crippen LogP contribution is -2.53. The van der Waals surface area contributed by atoms with Gasteiger partial charge in [-0.1, -0.05) is 36.7 Å². The molecular formula is C19H20ClN3O4S. The highest BCUT2D eigenvalue weighted by molar-refractivity contribution is 7.92. The van der Waals surface area contributed by atoms with Gasteiger partial charge >= 0.3 is 0 Å². The first-order valence-electron chi connectivity index (χ1n) is 8.67. The van der Waals surface area contributed by atoms with Crippen LogP contribution < -0.4 is 14.5 Å². The van der Waals surface area contributed by atoms with Gasteiger partial charge in [-0.2, -0.15) is 0 Å². The van der Waals surface area contributed by atoms with Crippen molar-refractivity contribution in [2.75, 3.05) is 27.3 Å². The van der Waals surface area contributed by atoms with Crippen molar-refractivity contribution in [1.29, 1.82) is 0 Å². The van der Waals surface area contributed by atoms with E-state index < -0.39 is 22.0 Å². The van der Waals surface area contributed by atoms with Gasteiger partial charge in [-0.3, -0.25) is 18.8 Å². The quantitative estimate of drug-likeness (QED) is 0.804. The highest BCUT2D eigenvalue weighted by Crippen LogP contribution is 2.32. The number of amides is 2. The van der Waals surface area contributed by atoms with E-state index in [0.717, 1.165) is 10.6 Å². The molecule has 2 amide bonds. The summed E-state index contributed by atoms with van der Waals surface area (Å²) in [5.41, 5.74) is 1.34. The minimum atomic E-state index is -3.79. The normalized spacial score (nSPS) is 14.8. The van der Waals surface area contributed by atoms with Crippen LogP contribution in [-0.4, -0.2) is 39.1 Å². The van der Waals surface area contributed by atoms with E-state index in [1.54, 1.807) is 49.4 Å². The Morgan fingerprint density at radius 3 is 2.61 bits per heavy atom. The van der Waals surface area contributed by atoms with Crippen LogP contribution in [0.25, 0.3) is 0 Å². The minimum Gasteiger partial charge on any atom is -0.323 e. The number of benzene rings is 2. The van der Waals surface area contributed by atoms with E-state index in [0.29, 0.717) is 22.1 Å². The Kier molecular flexibility index (Phi) is 5.62. The molecular weight excluding hydrogens is 402 g/mol. The molecule has 148 valence electrons. The van der Waals surface area contributed by atoms with Crippen molar-refractivity contribution in [3.63, 3.8) is 0 Å². The summed E-state index contributed by atoms with van der Waals surface area (Å²) in [6, 6.07) is 12.2. The number of hydrogen-bond acceptors (Lipinski definition) is 4. The van der Waals surface area contributed by atoms with Crippen LogP contribution in [0.2, 0.25) is 5.02 Å². The third-order valence-corrected chi connectivity index (χ3v) is 5.83. The first-order valence-corrected chi connectivity index (χ1v) is 10.9. The van der Waals surface area contributed by atoms with Gasteiger partial charge in [0.05, 0.1) is 23.3 Å². The van der Waals surface area contributed by atoms with Crippen molar-refractivity contribution in [2.24, 2.45) is 0 Å². The summed E-state index contributed by atoms with van der Waals surface area (Å²) < 4.78 is 26.2. The number of carbonyl (C=O) groups excluding carboxylic acids is 2. The molecule has 0 unspecified atom stereocenters. The minimum absolute atomic E-state index is 0.181. The lowest BCUT2D eigenvalue weighted by atomic mass is 10.1. The first kappa shape index (κ1) is 20.2. The van der Waals surface area contributed by atoms with Gasteiger partial charge in [0.25, 0.3) is 5.91 Å². The molecule has 0 fully saturated rings. The van der Waals surface area contributed by atoms with Gasteiger partial charge in [0.15, 0.2) is 0 Å². The first-order chi connectivity index (χ1) is 13.2. The number of hydrogen-bond donors (Lipinski definition) is 1. The van der Waals surface area contributed by atoms with Crippen LogP contribution in [0.15, 0.2) is 48.5 Å². The van der Waals surface area contributed by atoms with E-state index >= 15 is 0 Å². The number of halogens is 1. The fourth-order valence-corrected chi connectivity index (χ4v) is 4.65. The van der Waals surface area contributed by atoms with Crippen molar-refractivity contribution in [3.05, 3.63) is 53.6 Å². The molecule has 0 aromatic heterocycles. The fraction of sp³-hybridized carbons (Fsp3) is 0.263. The van der Waals surface area contributed by atoms with Gasteiger partial charge in [0, 0.05) is 5.02 Å². The number of nitrogens with zero attached hydrogens (tertiary/aromatic N) is 2. The lowest BCUT2D eigenvalue weighted by Gasteiger charge is -2.36. The molecule has 1 atom stereocenters. The van der Waals surface area contributed by atoms with Crippen molar-refractivity contribution in [2.45, 2.75) is 19.4 Å². The van der Waals surface area contributed by atoms with Gasteiger partial charge in [-0.05, 0) is 36.8 Å². The maximum Gasteiger partial charge on any atom is 0.251 e. The molecule has 1 aliphatic rings. The highest BCUT2D eigenvalue weighted by atomic mass is 35.5. The highest BCUT2D eigenvalue weighted by Gasteiger charge is 2.37. The number of fused-ring (bicyclic) bond motifs is 1. The summed E-state index contributed by atoms with van der Waals surface area (Å²) >= 11 is 6.03. The van der Waals surface area contributed by atoms with Gasteiger partial charge in [0.1, 0.15) is 12.6 Å². The van der Waals surface area contributed by atoms with E-state index in [1.807, 2.05) is 0 Å². The van der Waals surface area contributed by atoms with Crippen LogP contribution in [0.4, 0.5) is 17.1 Å². The second kappa shape index (κ2) is 7.81. The van der Waals surface area contributed by atoms with Gasteiger partial charge in [0.2, 0.25) is 15.9 Å². The number of nitrogens with one attached hydrogen (secondary N) is 1. The van der Waals surface area contributed by atoms with Crippen molar-refractivity contribution in [3.8, 4) is 0 Å². The van der Waals surface area contributed by atoms with Crippen LogP contribution in [0, 0.1) is 0 Å². The Morgan fingerprint density at radius 1 is 1.25 bits per heavy atom. The largest absolute Gasteiger partial charge is 0.323 e. The zero-order chi connectivity index (χ0) is 20.5. The second-order valence-electron chi connectivity index (χ2n) is 6.45. The number of sulfonamides is 1. The monoisotopic (exact) mass is 421 g/mol. The summed E-state index contributed by atoms with van der Waals surface area (Å²) in [7, 11) is -3.79. The topological polar surface area (TPSA) is 86.8 Å². The number of para-hydroxylation sites is 2. The lowest BCUT2D eigenvalue weighted by molar-refractivity contribution is -0.122. The third-order valence-electron chi connectivity index (χ3n) is 4.41. The Hall–Kier alpha value is -2.58. The number of rotatable bonds is 5. The number of carbonyl (C=O) groups is 2. The van der Waals surface area contributed by atoms with E-state index in [9.17, 15) is 18.0 Å². The molecule has 28 heavy (non-hydrogen) atoms. The Bertz CT molecular complexity index is 1030. The van der Waals surface area contributed by atoms with E-state index in [1.165, 1.54) is 11.0 Å². The average molecular weight is 422 g/mol. The standard InChI is InChI=1S/C19H20ClN3O4S/c1-3-16(23(28(2,26)27)14-8-6-7-13(20)11-14)19(25)22-12-18(24)21-15-9-4-5-10-17(15)22/h4-11,16H,3,12H2,1-2H3,(H,21,24)/t16-/m0/s1. The van der Waals surface area contributed by atoms with E-state index in [2.05, 4.69) is 5.32 Å². The molecule has 9 heteroatoms. The Labute approximate surface area is 168 Å². The zero-order valence-corrected chi connectivity index (χ0v) is 17.0. The van der Waals surface area contributed by atoms with E-state index in [4.69, 9.17) is 11.6 Å². The van der Waals surface area contributed by atoms with Crippen LogP contribution >= 0.6 is 11.6 Å². The molecule has 2 aromatic carbocycles. The smallest absolute Gasteiger partial charge is 0.251 e. The van der Waals surface area contributed by atoms with Crippen molar-refractivity contribution < 1.29 is 18.0 Å². The predicted molar refractivity (Wildman–Crippen MR) is 110 cm³/mol. The van der Waals surface area contributed by atoms with Crippen molar-refractivity contribution >= 4 is 50.5 Å². The maximum atomic E-state index is 13.4. The molecule has 0 bridgehead atoms. The summed E-state index contributed by atoms with van der Waals surface area (Å²) in [6.07, 6.45) is 1.26.